The number of aryl methyl sites for hydroxylation is 1. The molecule has 4 nitrogen and oxygen atoms in total. The van der Waals surface area contributed by atoms with Crippen molar-refractivity contribution in [1.82, 2.24) is 0 Å². The lowest BCUT2D eigenvalue weighted by Gasteiger charge is -2.11. The van der Waals surface area contributed by atoms with Gasteiger partial charge >= 0.3 is 0 Å². The van der Waals surface area contributed by atoms with E-state index in [1.165, 1.54) is 18.2 Å². The summed E-state index contributed by atoms with van der Waals surface area (Å²) in [5.74, 6) is 0. The number of benzene rings is 2. The first-order valence-electron chi connectivity index (χ1n) is 5.83. The van der Waals surface area contributed by atoms with Crippen molar-refractivity contribution in [2.24, 2.45) is 0 Å². The van der Waals surface area contributed by atoms with Crippen molar-refractivity contribution in [2.75, 3.05) is 4.72 Å². The lowest BCUT2D eigenvalue weighted by atomic mass is 10.2. The molecule has 21 heavy (non-hydrogen) atoms. The molecular formula is C14H10BrClN2O2S. The number of anilines is 1. The lowest BCUT2D eigenvalue weighted by molar-refractivity contribution is 0.601. The minimum Gasteiger partial charge on any atom is -0.278 e. The van der Waals surface area contributed by atoms with Gasteiger partial charge in [0.1, 0.15) is 6.07 Å². The number of hydrogen-bond acceptors (Lipinski definition) is 3. The zero-order valence-corrected chi connectivity index (χ0v) is 14.1. The normalized spacial score (nSPS) is 11.0. The molecule has 0 heterocycles. The second kappa shape index (κ2) is 6.06. The second-order valence-electron chi connectivity index (χ2n) is 4.31. The highest BCUT2D eigenvalue weighted by atomic mass is 79.9. The summed E-state index contributed by atoms with van der Waals surface area (Å²) >= 11 is 9.18. The van der Waals surface area contributed by atoms with Crippen LogP contribution in [0.2, 0.25) is 5.02 Å². The van der Waals surface area contributed by atoms with Crippen LogP contribution in [0.3, 0.4) is 0 Å². The molecular weight excluding hydrogens is 376 g/mol. The topological polar surface area (TPSA) is 70.0 Å². The molecule has 2 aromatic carbocycles. The van der Waals surface area contributed by atoms with E-state index in [4.69, 9.17) is 16.9 Å². The monoisotopic (exact) mass is 384 g/mol. The average molecular weight is 386 g/mol. The van der Waals surface area contributed by atoms with Gasteiger partial charge in [-0.2, -0.15) is 5.26 Å². The molecule has 0 bridgehead atoms. The van der Waals surface area contributed by atoms with Gasteiger partial charge < -0.3 is 0 Å². The van der Waals surface area contributed by atoms with E-state index >= 15 is 0 Å². The van der Waals surface area contributed by atoms with Gasteiger partial charge in [-0.25, -0.2) is 8.42 Å². The number of nitrogens with zero attached hydrogens (tertiary/aromatic N) is 1. The average Bonchev–Trinajstić information content (AvgIpc) is 2.43. The fourth-order valence-electron chi connectivity index (χ4n) is 1.67. The van der Waals surface area contributed by atoms with Crippen molar-refractivity contribution in [3.05, 3.63) is 57.0 Å². The van der Waals surface area contributed by atoms with Crippen LogP contribution in [0.15, 0.2) is 45.8 Å². The molecule has 0 spiro atoms. The van der Waals surface area contributed by atoms with E-state index in [1.54, 1.807) is 18.2 Å². The molecule has 2 aromatic rings. The first kappa shape index (κ1) is 15.8. The third kappa shape index (κ3) is 3.38. The van der Waals surface area contributed by atoms with E-state index in [9.17, 15) is 8.42 Å². The van der Waals surface area contributed by atoms with Gasteiger partial charge in [0, 0.05) is 4.47 Å². The molecule has 1 N–H and O–H groups in total. The molecule has 0 aromatic heterocycles. The summed E-state index contributed by atoms with van der Waals surface area (Å²) in [5, 5.41) is 9.31. The van der Waals surface area contributed by atoms with Crippen LogP contribution < -0.4 is 4.72 Å². The van der Waals surface area contributed by atoms with E-state index in [0.717, 1.165) is 5.56 Å². The minimum atomic E-state index is -3.77. The largest absolute Gasteiger partial charge is 0.278 e. The Bertz CT molecular complexity index is 827. The zero-order valence-electron chi connectivity index (χ0n) is 10.9. The van der Waals surface area contributed by atoms with Crippen LogP contribution >= 0.6 is 27.5 Å². The van der Waals surface area contributed by atoms with Crippen molar-refractivity contribution in [2.45, 2.75) is 11.8 Å². The fraction of sp³-hybridized carbons (Fsp3) is 0.0714. The van der Waals surface area contributed by atoms with E-state index in [2.05, 4.69) is 20.7 Å². The highest BCUT2D eigenvalue weighted by Crippen LogP contribution is 2.32. The molecule has 0 aliphatic carbocycles. The third-order valence-electron chi connectivity index (χ3n) is 2.78. The lowest BCUT2D eigenvalue weighted by Crippen LogP contribution is -2.14. The van der Waals surface area contributed by atoms with E-state index in [1.807, 2.05) is 13.0 Å². The molecule has 0 aliphatic rings. The molecule has 0 aliphatic heterocycles. The fourth-order valence-corrected chi connectivity index (χ4v) is 3.28. The minimum absolute atomic E-state index is 0.0710. The van der Waals surface area contributed by atoms with Crippen LogP contribution in [0.5, 0.6) is 0 Å². The van der Waals surface area contributed by atoms with Crippen LogP contribution in [0, 0.1) is 18.3 Å². The van der Waals surface area contributed by atoms with Crippen molar-refractivity contribution < 1.29 is 8.42 Å². The molecule has 0 saturated carbocycles. The molecule has 0 fully saturated rings. The quantitative estimate of drug-likeness (QED) is 0.865. The summed E-state index contributed by atoms with van der Waals surface area (Å²) < 4.78 is 27.5. The number of hydrogen-bond donors (Lipinski definition) is 1. The van der Waals surface area contributed by atoms with E-state index in [0.29, 0.717) is 4.47 Å². The molecule has 0 saturated heterocycles. The Labute approximate surface area is 136 Å². The number of halogens is 2. The molecule has 0 amide bonds. The Morgan fingerprint density at radius 3 is 2.38 bits per heavy atom. The molecule has 2 rings (SSSR count). The predicted octanol–water partition coefficient (Wildman–Crippen LogP) is 4.08. The summed E-state index contributed by atoms with van der Waals surface area (Å²) in [5.41, 5.74) is 1.17. The Hall–Kier alpha value is -1.55. The number of nitriles is 1. The first-order valence-corrected chi connectivity index (χ1v) is 8.48. The van der Waals surface area contributed by atoms with Crippen molar-refractivity contribution >= 4 is 43.2 Å². The van der Waals surface area contributed by atoms with E-state index < -0.39 is 10.0 Å². The molecule has 0 atom stereocenters. The van der Waals surface area contributed by atoms with Gasteiger partial charge in [0.15, 0.2) is 0 Å². The van der Waals surface area contributed by atoms with Gasteiger partial charge in [0.25, 0.3) is 10.0 Å². The first-order chi connectivity index (χ1) is 9.85. The van der Waals surface area contributed by atoms with Gasteiger partial charge in [-0.05, 0) is 47.1 Å². The number of sulfonamides is 1. The second-order valence-corrected chi connectivity index (χ2v) is 7.23. The van der Waals surface area contributed by atoms with Crippen LogP contribution in [0.4, 0.5) is 5.69 Å². The SMILES string of the molecule is Cc1ccc(S(=O)(=O)Nc2ccc(Br)c(Cl)c2C#N)cc1. The smallest absolute Gasteiger partial charge is 0.261 e. The van der Waals surface area contributed by atoms with Crippen molar-refractivity contribution in [3.63, 3.8) is 0 Å². The summed E-state index contributed by atoms with van der Waals surface area (Å²) in [4.78, 5) is 0.121. The van der Waals surface area contributed by atoms with Crippen LogP contribution in [-0.4, -0.2) is 8.42 Å². The third-order valence-corrected chi connectivity index (χ3v) is 5.45. The van der Waals surface area contributed by atoms with Gasteiger partial charge in [-0.15, -0.1) is 0 Å². The number of nitrogens with one attached hydrogen (secondary N) is 1. The standard InChI is InChI=1S/C14H10BrClN2O2S/c1-9-2-4-10(5-3-9)21(19,20)18-13-7-6-12(15)14(16)11(13)8-17/h2-7,18H,1H3. The van der Waals surface area contributed by atoms with Gasteiger partial charge in [0.2, 0.25) is 0 Å². The Kier molecular flexibility index (Phi) is 4.57. The summed E-state index contributed by atoms with van der Waals surface area (Å²) in [6.45, 7) is 1.87. The van der Waals surface area contributed by atoms with Crippen molar-refractivity contribution in [3.8, 4) is 6.07 Å². The molecule has 0 unspecified atom stereocenters. The highest BCUT2D eigenvalue weighted by molar-refractivity contribution is 9.10. The van der Waals surface area contributed by atoms with Gasteiger partial charge in [0.05, 0.1) is 21.2 Å². The van der Waals surface area contributed by atoms with Gasteiger partial charge in [-0.1, -0.05) is 29.3 Å². The Morgan fingerprint density at radius 2 is 1.81 bits per heavy atom. The summed E-state index contributed by atoms with van der Waals surface area (Å²) in [6, 6.07) is 11.4. The Morgan fingerprint density at radius 1 is 1.19 bits per heavy atom. The maximum Gasteiger partial charge on any atom is 0.261 e. The summed E-state index contributed by atoms with van der Waals surface area (Å²) in [6.07, 6.45) is 0. The molecule has 7 heteroatoms. The van der Waals surface area contributed by atoms with E-state index in [-0.39, 0.29) is 21.2 Å². The summed E-state index contributed by atoms with van der Waals surface area (Å²) in [7, 11) is -3.77. The van der Waals surface area contributed by atoms with Crippen molar-refractivity contribution in [1.29, 1.82) is 5.26 Å². The maximum atomic E-state index is 12.3. The van der Waals surface area contributed by atoms with Crippen LogP contribution in [-0.2, 0) is 10.0 Å². The molecule has 108 valence electrons. The maximum absolute atomic E-state index is 12.3. The predicted molar refractivity (Wildman–Crippen MR) is 85.9 cm³/mol. The van der Waals surface area contributed by atoms with Crippen LogP contribution in [0.1, 0.15) is 11.1 Å². The highest BCUT2D eigenvalue weighted by Gasteiger charge is 2.18. The number of rotatable bonds is 3. The van der Waals surface area contributed by atoms with Crippen LogP contribution in [0.25, 0.3) is 0 Å². The molecule has 0 radical (unpaired) electrons. The zero-order chi connectivity index (χ0) is 15.6. The van der Waals surface area contributed by atoms with Gasteiger partial charge in [-0.3, -0.25) is 4.72 Å². The Balaban J connectivity index is 2.45.